The van der Waals surface area contributed by atoms with Gasteiger partial charge in [0.2, 0.25) is 0 Å². The van der Waals surface area contributed by atoms with Gasteiger partial charge in [-0.05, 0) is 25.0 Å². The molecule has 0 aliphatic rings. The Hall–Kier alpha value is -0.970. The lowest BCUT2D eigenvalue weighted by molar-refractivity contribution is 0.0313. The molecule has 1 rings (SSSR count). The van der Waals surface area contributed by atoms with Crippen LogP contribution in [0.25, 0.3) is 0 Å². The first-order chi connectivity index (χ1) is 7.33. The molecule has 0 aromatic carbocycles. The number of nitrogens with one attached hydrogen (secondary N) is 1. The van der Waals surface area contributed by atoms with Gasteiger partial charge in [-0.2, -0.15) is 0 Å². The zero-order valence-corrected chi connectivity index (χ0v) is 9.31. The zero-order chi connectivity index (χ0) is 11.1. The summed E-state index contributed by atoms with van der Waals surface area (Å²) in [6, 6.07) is 3.90. The van der Waals surface area contributed by atoms with Crippen LogP contribution in [-0.4, -0.2) is 17.7 Å². The fourth-order valence-electron chi connectivity index (χ4n) is 1.64. The Kier molecular flexibility index (Phi) is 5.25. The Balaban J connectivity index is 2.77. The number of ether oxygens (including phenoxy) is 1. The van der Waals surface area contributed by atoms with Gasteiger partial charge < -0.3 is 4.74 Å². The van der Waals surface area contributed by atoms with Crippen LogP contribution in [-0.2, 0) is 4.74 Å². The molecular weight excluding hydrogens is 190 g/mol. The molecule has 84 valence electrons. The van der Waals surface area contributed by atoms with Crippen LogP contribution in [0.3, 0.4) is 0 Å². The summed E-state index contributed by atoms with van der Waals surface area (Å²) in [6.45, 7) is 4.76. The Morgan fingerprint density at radius 3 is 2.80 bits per heavy atom. The number of hydrazine groups is 1. The summed E-state index contributed by atoms with van der Waals surface area (Å²) in [7, 11) is 0. The van der Waals surface area contributed by atoms with Crippen LogP contribution in [0.15, 0.2) is 24.5 Å². The largest absolute Gasteiger partial charge is 0.376 e. The zero-order valence-electron chi connectivity index (χ0n) is 9.31. The number of pyridine rings is 1. The molecular formula is C11H19N3O. The third kappa shape index (κ3) is 3.27. The molecule has 1 heterocycles. The molecule has 0 radical (unpaired) electrons. The molecule has 2 unspecified atom stereocenters. The van der Waals surface area contributed by atoms with Crippen molar-refractivity contribution in [2.75, 3.05) is 6.61 Å². The Morgan fingerprint density at radius 1 is 1.53 bits per heavy atom. The summed E-state index contributed by atoms with van der Waals surface area (Å²) >= 11 is 0. The minimum Gasteiger partial charge on any atom is -0.376 e. The highest BCUT2D eigenvalue weighted by Crippen LogP contribution is 2.19. The van der Waals surface area contributed by atoms with E-state index in [2.05, 4.69) is 17.3 Å². The number of rotatable bonds is 6. The van der Waals surface area contributed by atoms with Crippen molar-refractivity contribution in [1.29, 1.82) is 0 Å². The van der Waals surface area contributed by atoms with Gasteiger partial charge in [-0.15, -0.1) is 0 Å². The Bertz CT molecular complexity index is 266. The van der Waals surface area contributed by atoms with E-state index >= 15 is 0 Å². The van der Waals surface area contributed by atoms with Crippen molar-refractivity contribution in [2.24, 2.45) is 5.84 Å². The third-order valence-electron chi connectivity index (χ3n) is 2.38. The number of nitrogens with zero attached hydrogens (tertiary/aromatic N) is 1. The van der Waals surface area contributed by atoms with Crippen LogP contribution < -0.4 is 11.3 Å². The van der Waals surface area contributed by atoms with Crippen molar-refractivity contribution in [3.05, 3.63) is 30.1 Å². The normalized spacial score (nSPS) is 14.9. The lowest BCUT2D eigenvalue weighted by Gasteiger charge is -2.25. The number of nitrogens with two attached hydrogens (primary N) is 1. The van der Waals surface area contributed by atoms with E-state index in [1.54, 1.807) is 6.20 Å². The molecule has 0 saturated heterocycles. The summed E-state index contributed by atoms with van der Waals surface area (Å²) in [5.74, 6) is 5.55. The number of hydrogen-bond donors (Lipinski definition) is 2. The first kappa shape index (κ1) is 12.1. The molecule has 0 saturated carbocycles. The molecule has 3 N–H and O–H groups in total. The molecule has 4 heteroatoms. The second-order valence-corrected chi connectivity index (χ2v) is 3.33. The predicted molar refractivity (Wildman–Crippen MR) is 60.0 cm³/mol. The van der Waals surface area contributed by atoms with E-state index in [-0.39, 0.29) is 12.1 Å². The summed E-state index contributed by atoms with van der Waals surface area (Å²) in [4.78, 5) is 4.08. The average molecular weight is 209 g/mol. The minimum atomic E-state index is 0.00338. The second-order valence-electron chi connectivity index (χ2n) is 3.33. The van der Waals surface area contributed by atoms with E-state index in [4.69, 9.17) is 10.6 Å². The molecule has 0 fully saturated rings. The maximum atomic E-state index is 5.63. The summed E-state index contributed by atoms with van der Waals surface area (Å²) in [5.41, 5.74) is 3.84. The van der Waals surface area contributed by atoms with E-state index in [0.29, 0.717) is 6.61 Å². The van der Waals surface area contributed by atoms with Gasteiger partial charge in [0.25, 0.3) is 0 Å². The summed E-state index contributed by atoms with van der Waals surface area (Å²) in [6.07, 6.45) is 4.56. The standard InChI is InChI=1S/C11H19N3O/c1-3-10(15-4-2)11(14-12)9-6-5-7-13-8-9/h5-8,10-11,14H,3-4,12H2,1-2H3. The number of aromatic nitrogens is 1. The lowest BCUT2D eigenvalue weighted by atomic mass is 10.0. The monoisotopic (exact) mass is 209 g/mol. The Labute approximate surface area is 90.8 Å². The Morgan fingerprint density at radius 2 is 2.33 bits per heavy atom. The van der Waals surface area contributed by atoms with E-state index < -0.39 is 0 Å². The van der Waals surface area contributed by atoms with Gasteiger partial charge >= 0.3 is 0 Å². The SMILES string of the molecule is CCOC(CC)C(NN)c1cccnc1. The van der Waals surface area contributed by atoms with Crippen LogP contribution in [0.4, 0.5) is 0 Å². The minimum absolute atomic E-state index is 0.00338. The molecule has 1 aromatic heterocycles. The summed E-state index contributed by atoms with van der Waals surface area (Å²) in [5, 5.41) is 0. The molecule has 0 spiro atoms. The van der Waals surface area contributed by atoms with E-state index in [1.165, 1.54) is 0 Å². The van der Waals surface area contributed by atoms with Crippen molar-refractivity contribution in [2.45, 2.75) is 32.4 Å². The van der Waals surface area contributed by atoms with Gasteiger partial charge in [0.05, 0.1) is 12.1 Å². The smallest absolute Gasteiger partial charge is 0.0780 e. The highest BCUT2D eigenvalue weighted by molar-refractivity contribution is 5.15. The first-order valence-electron chi connectivity index (χ1n) is 5.31. The van der Waals surface area contributed by atoms with Crippen molar-refractivity contribution < 1.29 is 4.74 Å². The maximum Gasteiger partial charge on any atom is 0.0780 e. The topological polar surface area (TPSA) is 60.2 Å². The molecule has 4 nitrogen and oxygen atoms in total. The van der Waals surface area contributed by atoms with Crippen LogP contribution in [0.5, 0.6) is 0 Å². The van der Waals surface area contributed by atoms with Gasteiger partial charge in [0, 0.05) is 19.0 Å². The van der Waals surface area contributed by atoms with E-state index in [1.807, 2.05) is 25.3 Å². The summed E-state index contributed by atoms with van der Waals surface area (Å²) < 4.78 is 5.63. The van der Waals surface area contributed by atoms with Gasteiger partial charge in [0.1, 0.15) is 0 Å². The van der Waals surface area contributed by atoms with Crippen LogP contribution >= 0.6 is 0 Å². The van der Waals surface area contributed by atoms with Crippen molar-refractivity contribution >= 4 is 0 Å². The van der Waals surface area contributed by atoms with Crippen LogP contribution in [0.1, 0.15) is 31.9 Å². The number of hydrogen-bond acceptors (Lipinski definition) is 4. The fraction of sp³-hybridized carbons (Fsp3) is 0.545. The molecule has 0 amide bonds. The molecule has 0 aliphatic carbocycles. The molecule has 0 bridgehead atoms. The molecule has 0 aliphatic heterocycles. The van der Waals surface area contributed by atoms with E-state index in [9.17, 15) is 0 Å². The van der Waals surface area contributed by atoms with Gasteiger partial charge in [-0.25, -0.2) is 0 Å². The highest BCUT2D eigenvalue weighted by atomic mass is 16.5. The fourth-order valence-corrected chi connectivity index (χ4v) is 1.64. The van der Waals surface area contributed by atoms with Gasteiger partial charge in [-0.1, -0.05) is 13.0 Å². The first-order valence-corrected chi connectivity index (χ1v) is 5.31. The second kappa shape index (κ2) is 6.50. The lowest BCUT2D eigenvalue weighted by Crippen LogP contribution is -2.37. The molecule has 1 aromatic rings. The van der Waals surface area contributed by atoms with Crippen LogP contribution in [0.2, 0.25) is 0 Å². The maximum absolute atomic E-state index is 5.63. The quantitative estimate of drug-likeness (QED) is 0.549. The van der Waals surface area contributed by atoms with Gasteiger partial charge in [0.15, 0.2) is 0 Å². The third-order valence-corrected chi connectivity index (χ3v) is 2.38. The van der Waals surface area contributed by atoms with Gasteiger partial charge in [-0.3, -0.25) is 16.3 Å². The molecule has 2 atom stereocenters. The van der Waals surface area contributed by atoms with E-state index in [0.717, 1.165) is 12.0 Å². The average Bonchev–Trinajstić information content (AvgIpc) is 2.30. The van der Waals surface area contributed by atoms with Crippen molar-refractivity contribution in [3.63, 3.8) is 0 Å². The van der Waals surface area contributed by atoms with Crippen LogP contribution in [0, 0.1) is 0 Å². The highest BCUT2D eigenvalue weighted by Gasteiger charge is 2.20. The van der Waals surface area contributed by atoms with Crippen molar-refractivity contribution in [3.8, 4) is 0 Å². The molecule has 15 heavy (non-hydrogen) atoms. The predicted octanol–water partition coefficient (Wildman–Crippen LogP) is 1.40. The van der Waals surface area contributed by atoms with Crippen molar-refractivity contribution in [1.82, 2.24) is 10.4 Å².